The van der Waals surface area contributed by atoms with Crippen LogP contribution in [-0.4, -0.2) is 11.7 Å². The van der Waals surface area contributed by atoms with E-state index < -0.39 is 5.91 Å². The number of carbonyl (C=O) groups is 2. The normalized spacial score (nSPS) is 10.1. The van der Waals surface area contributed by atoms with E-state index in [-0.39, 0.29) is 5.78 Å². The number of para-hydroxylation sites is 1. The predicted octanol–water partition coefficient (Wildman–Crippen LogP) is 3.54. The van der Waals surface area contributed by atoms with Gasteiger partial charge in [-0.25, -0.2) is 0 Å². The number of Topliss-reactive ketones (excluding diaryl/α,β-unsaturated/α-hetero) is 1. The minimum absolute atomic E-state index is 0.0326. The number of ether oxygens (including phenoxy) is 1. The standard InChI is InChI=1S/C15H12BrNO3/c1-9(18)10-6-7-14(12(16)8-10)20-13-5-3-2-4-11(13)15(17)19/h2-8H,1H3,(H2,17,19). The van der Waals surface area contributed by atoms with Gasteiger partial charge in [-0.05, 0) is 53.2 Å². The van der Waals surface area contributed by atoms with Gasteiger partial charge < -0.3 is 10.5 Å². The molecule has 0 aliphatic heterocycles. The molecular formula is C15H12BrNO3. The number of ketones is 1. The summed E-state index contributed by atoms with van der Waals surface area (Å²) in [6, 6.07) is 11.7. The number of amides is 1. The molecule has 0 radical (unpaired) electrons. The van der Waals surface area contributed by atoms with Gasteiger partial charge in [-0.3, -0.25) is 9.59 Å². The second-order valence-electron chi connectivity index (χ2n) is 4.16. The molecule has 0 unspecified atom stereocenters. The quantitative estimate of drug-likeness (QED) is 0.870. The second kappa shape index (κ2) is 5.88. The summed E-state index contributed by atoms with van der Waals surface area (Å²) in [4.78, 5) is 22.6. The van der Waals surface area contributed by atoms with Gasteiger partial charge >= 0.3 is 0 Å². The molecule has 0 aliphatic rings. The maximum absolute atomic E-state index is 11.3. The van der Waals surface area contributed by atoms with E-state index >= 15 is 0 Å². The Bertz CT molecular complexity index is 683. The number of nitrogens with two attached hydrogens (primary N) is 1. The van der Waals surface area contributed by atoms with Gasteiger partial charge in [0.05, 0.1) is 10.0 Å². The Morgan fingerprint density at radius 1 is 1.10 bits per heavy atom. The third-order valence-electron chi connectivity index (χ3n) is 2.71. The molecule has 5 heteroatoms. The van der Waals surface area contributed by atoms with Crippen molar-refractivity contribution in [2.45, 2.75) is 6.92 Å². The molecule has 2 rings (SSSR count). The molecule has 0 heterocycles. The van der Waals surface area contributed by atoms with E-state index in [1.165, 1.54) is 6.92 Å². The van der Waals surface area contributed by atoms with Crippen LogP contribution in [0.5, 0.6) is 11.5 Å². The first-order valence-electron chi connectivity index (χ1n) is 5.86. The lowest BCUT2D eigenvalue weighted by molar-refractivity contribution is 0.0994. The van der Waals surface area contributed by atoms with Crippen molar-refractivity contribution in [3.63, 3.8) is 0 Å². The van der Waals surface area contributed by atoms with Crippen LogP contribution < -0.4 is 10.5 Å². The molecule has 0 fully saturated rings. The summed E-state index contributed by atoms with van der Waals surface area (Å²) < 4.78 is 6.31. The number of hydrogen-bond acceptors (Lipinski definition) is 3. The van der Waals surface area contributed by atoms with Crippen LogP contribution in [0.2, 0.25) is 0 Å². The van der Waals surface area contributed by atoms with Crippen LogP contribution in [0.3, 0.4) is 0 Å². The molecule has 0 aromatic heterocycles. The summed E-state index contributed by atoms with van der Waals surface area (Å²) >= 11 is 3.34. The average molecular weight is 334 g/mol. The topological polar surface area (TPSA) is 69.4 Å². The minimum atomic E-state index is -0.558. The maximum atomic E-state index is 11.3. The Kier molecular flexibility index (Phi) is 4.20. The molecule has 0 bridgehead atoms. The lowest BCUT2D eigenvalue weighted by Crippen LogP contribution is -2.12. The second-order valence-corrected chi connectivity index (χ2v) is 5.02. The molecule has 0 aliphatic carbocycles. The smallest absolute Gasteiger partial charge is 0.252 e. The molecule has 20 heavy (non-hydrogen) atoms. The van der Waals surface area contributed by atoms with E-state index in [0.717, 1.165) is 0 Å². The minimum Gasteiger partial charge on any atom is -0.455 e. The van der Waals surface area contributed by atoms with Crippen molar-refractivity contribution in [3.05, 3.63) is 58.1 Å². The zero-order valence-corrected chi connectivity index (χ0v) is 12.3. The fourth-order valence-electron chi connectivity index (χ4n) is 1.68. The van der Waals surface area contributed by atoms with Crippen LogP contribution in [0.25, 0.3) is 0 Å². The molecule has 0 atom stereocenters. The van der Waals surface area contributed by atoms with E-state index in [2.05, 4.69) is 15.9 Å². The van der Waals surface area contributed by atoms with E-state index in [0.29, 0.717) is 27.1 Å². The van der Waals surface area contributed by atoms with Crippen LogP contribution in [0.4, 0.5) is 0 Å². The van der Waals surface area contributed by atoms with E-state index in [9.17, 15) is 9.59 Å². The van der Waals surface area contributed by atoms with Crippen molar-refractivity contribution in [2.75, 3.05) is 0 Å². The highest BCUT2D eigenvalue weighted by Crippen LogP contribution is 2.32. The van der Waals surface area contributed by atoms with Crippen LogP contribution in [0, 0.1) is 0 Å². The monoisotopic (exact) mass is 333 g/mol. The van der Waals surface area contributed by atoms with E-state index in [4.69, 9.17) is 10.5 Å². The van der Waals surface area contributed by atoms with Crippen molar-refractivity contribution < 1.29 is 14.3 Å². The van der Waals surface area contributed by atoms with Gasteiger partial charge in [-0.2, -0.15) is 0 Å². The fourth-order valence-corrected chi connectivity index (χ4v) is 2.14. The van der Waals surface area contributed by atoms with Crippen molar-refractivity contribution in [2.24, 2.45) is 5.73 Å². The van der Waals surface area contributed by atoms with Gasteiger partial charge in [-0.1, -0.05) is 12.1 Å². The van der Waals surface area contributed by atoms with Crippen LogP contribution in [0.1, 0.15) is 27.6 Å². The van der Waals surface area contributed by atoms with Crippen molar-refractivity contribution in [1.29, 1.82) is 0 Å². The number of benzene rings is 2. The molecule has 2 N–H and O–H groups in total. The first kappa shape index (κ1) is 14.3. The highest BCUT2D eigenvalue weighted by atomic mass is 79.9. The van der Waals surface area contributed by atoms with Crippen molar-refractivity contribution in [3.8, 4) is 11.5 Å². The van der Waals surface area contributed by atoms with Crippen molar-refractivity contribution >= 4 is 27.6 Å². The third kappa shape index (κ3) is 3.05. The van der Waals surface area contributed by atoms with Crippen LogP contribution in [-0.2, 0) is 0 Å². The Labute approximate surface area is 124 Å². The summed E-state index contributed by atoms with van der Waals surface area (Å²) in [7, 11) is 0. The Balaban J connectivity index is 2.36. The van der Waals surface area contributed by atoms with Gasteiger partial charge in [0.1, 0.15) is 11.5 Å². The molecular weight excluding hydrogens is 322 g/mol. The summed E-state index contributed by atoms with van der Waals surface area (Å²) in [5, 5.41) is 0. The first-order valence-corrected chi connectivity index (χ1v) is 6.65. The van der Waals surface area contributed by atoms with Crippen LogP contribution in [0.15, 0.2) is 46.9 Å². The van der Waals surface area contributed by atoms with Gasteiger partial charge in [0, 0.05) is 5.56 Å². The van der Waals surface area contributed by atoms with E-state index in [1.807, 2.05) is 0 Å². The number of rotatable bonds is 4. The molecule has 2 aromatic rings. The Morgan fingerprint density at radius 3 is 2.40 bits per heavy atom. The fraction of sp³-hybridized carbons (Fsp3) is 0.0667. The highest BCUT2D eigenvalue weighted by molar-refractivity contribution is 9.10. The van der Waals surface area contributed by atoms with Gasteiger partial charge in [-0.15, -0.1) is 0 Å². The van der Waals surface area contributed by atoms with Crippen molar-refractivity contribution in [1.82, 2.24) is 0 Å². The van der Waals surface area contributed by atoms with Gasteiger partial charge in [0.15, 0.2) is 5.78 Å². The van der Waals surface area contributed by atoms with Crippen LogP contribution >= 0.6 is 15.9 Å². The molecule has 4 nitrogen and oxygen atoms in total. The SMILES string of the molecule is CC(=O)c1ccc(Oc2ccccc2C(N)=O)c(Br)c1. The zero-order valence-electron chi connectivity index (χ0n) is 10.7. The zero-order chi connectivity index (χ0) is 14.7. The van der Waals surface area contributed by atoms with Gasteiger partial charge in [0.2, 0.25) is 0 Å². The van der Waals surface area contributed by atoms with Gasteiger partial charge in [0.25, 0.3) is 5.91 Å². The number of carbonyl (C=O) groups excluding carboxylic acids is 2. The summed E-state index contributed by atoms with van der Waals surface area (Å²) in [6.07, 6.45) is 0. The lowest BCUT2D eigenvalue weighted by atomic mass is 10.1. The maximum Gasteiger partial charge on any atom is 0.252 e. The predicted molar refractivity (Wildman–Crippen MR) is 79.2 cm³/mol. The largest absolute Gasteiger partial charge is 0.455 e. The average Bonchev–Trinajstić information content (AvgIpc) is 2.41. The first-order chi connectivity index (χ1) is 9.49. The molecule has 0 spiro atoms. The highest BCUT2D eigenvalue weighted by Gasteiger charge is 2.12. The lowest BCUT2D eigenvalue weighted by Gasteiger charge is -2.11. The Hall–Kier alpha value is -2.14. The molecule has 2 aromatic carbocycles. The molecule has 0 saturated carbocycles. The number of halogens is 1. The Morgan fingerprint density at radius 2 is 1.80 bits per heavy atom. The summed E-state index contributed by atoms with van der Waals surface area (Å²) in [5.41, 5.74) is 6.17. The third-order valence-corrected chi connectivity index (χ3v) is 3.33. The number of primary amides is 1. The molecule has 102 valence electrons. The summed E-state index contributed by atoms with van der Waals surface area (Å²) in [6.45, 7) is 1.49. The summed E-state index contributed by atoms with van der Waals surface area (Å²) in [5.74, 6) is 0.284. The van der Waals surface area contributed by atoms with E-state index in [1.54, 1.807) is 42.5 Å². The molecule has 1 amide bonds. The number of hydrogen-bond donors (Lipinski definition) is 1. The molecule has 0 saturated heterocycles.